The summed E-state index contributed by atoms with van der Waals surface area (Å²) < 4.78 is 5.41. The van der Waals surface area contributed by atoms with Crippen LogP contribution in [0.1, 0.15) is 12.6 Å². The molecule has 2 nitrogen and oxygen atoms in total. The van der Waals surface area contributed by atoms with Crippen molar-refractivity contribution < 1.29 is 4.74 Å². The molecule has 0 aliphatic heterocycles. The summed E-state index contributed by atoms with van der Waals surface area (Å²) in [7, 11) is 0. The number of hydrogen-bond donors (Lipinski definition) is 0. The van der Waals surface area contributed by atoms with Crippen molar-refractivity contribution in [2.24, 2.45) is 0 Å². The molecule has 90 valence electrons. The van der Waals surface area contributed by atoms with Crippen LogP contribution >= 0.6 is 22.9 Å². The SMILES string of the molecule is CCOc1ccc(-c2nc(CCCl)cs2)cc1. The fourth-order valence-corrected chi connectivity index (χ4v) is 2.57. The molecule has 0 aliphatic rings. The number of thiazole rings is 1. The smallest absolute Gasteiger partial charge is 0.123 e. The number of rotatable bonds is 5. The van der Waals surface area contributed by atoms with Crippen LogP contribution in [0.25, 0.3) is 10.6 Å². The minimum Gasteiger partial charge on any atom is -0.494 e. The van der Waals surface area contributed by atoms with Crippen LogP contribution in [0.5, 0.6) is 5.75 Å². The maximum Gasteiger partial charge on any atom is 0.123 e. The molecular weight excluding hydrogens is 254 g/mol. The van der Waals surface area contributed by atoms with E-state index in [2.05, 4.69) is 10.4 Å². The van der Waals surface area contributed by atoms with E-state index in [9.17, 15) is 0 Å². The lowest BCUT2D eigenvalue weighted by atomic mass is 10.2. The first-order valence-electron chi connectivity index (χ1n) is 5.57. The molecule has 0 radical (unpaired) electrons. The number of aromatic nitrogens is 1. The Morgan fingerprint density at radius 1 is 1.29 bits per heavy atom. The van der Waals surface area contributed by atoms with Crippen molar-refractivity contribution in [2.75, 3.05) is 12.5 Å². The van der Waals surface area contributed by atoms with Gasteiger partial charge in [-0.1, -0.05) is 0 Å². The summed E-state index contributed by atoms with van der Waals surface area (Å²) in [5, 5.41) is 3.10. The number of ether oxygens (including phenoxy) is 1. The third-order valence-electron chi connectivity index (χ3n) is 2.31. The van der Waals surface area contributed by atoms with Gasteiger partial charge in [0.25, 0.3) is 0 Å². The highest BCUT2D eigenvalue weighted by atomic mass is 35.5. The van der Waals surface area contributed by atoms with Crippen LogP contribution in [0.2, 0.25) is 0 Å². The molecule has 17 heavy (non-hydrogen) atoms. The lowest BCUT2D eigenvalue weighted by Crippen LogP contribution is -1.90. The summed E-state index contributed by atoms with van der Waals surface area (Å²) >= 11 is 7.35. The molecule has 2 rings (SSSR count). The monoisotopic (exact) mass is 267 g/mol. The van der Waals surface area contributed by atoms with E-state index in [1.165, 1.54) is 0 Å². The van der Waals surface area contributed by atoms with Crippen LogP contribution in [0.15, 0.2) is 29.6 Å². The normalized spacial score (nSPS) is 10.5. The maximum absolute atomic E-state index is 5.69. The lowest BCUT2D eigenvalue weighted by Gasteiger charge is -2.02. The molecule has 0 amide bonds. The van der Waals surface area contributed by atoms with E-state index in [0.29, 0.717) is 12.5 Å². The van der Waals surface area contributed by atoms with Crippen molar-refractivity contribution in [2.45, 2.75) is 13.3 Å². The molecular formula is C13H14ClNOS. The molecule has 0 saturated carbocycles. The van der Waals surface area contributed by atoms with Crippen LogP contribution < -0.4 is 4.74 Å². The zero-order chi connectivity index (χ0) is 12.1. The number of benzene rings is 1. The van der Waals surface area contributed by atoms with Gasteiger partial charge in [0.15, 0.2) is 0 Å². The second kappa shape index (κ2) is 6.03. The Morgan fingerprint density at radius 3 is 2.71 bits per heavy atom. The van der Waals surface area contributed by atoms with Crippen molar-refractivity contribution in [3.8, 4) is 16.3 Å². The molecule has 1 aromatic carbocycles. The zero-order valence-electron chi connectivity index (χ0n) is 9.65. The van der Waals surface area contributed by atoms with E-state index in [-0.39, 0.29) is 0 Å². The van der Waals surface area contributed by atoms with Gasteiger partial charge in [-0.25, -0.2) is 4.98 Å². The molecule has 1 heterocycles. The molecule has 0 aliphatic carbocycles. The molecule has 4 heteroatoms. The Balaban J connectivity index is 2.15. The number of nitrogens with zero attached hydrogens (tertiary/aromatic N) is 1. The first-order chi connectivity index (χ1) is 8.33. The molecule has 0 spiro atoms. The maximum atomic E-state index is 5.69. The average molecular weight is 268 g/mol. The molecule has 0 fully saturated rings. The molecule has 0 N–H and O–H groups in total. The highest BCUT2D eigenvalue weighted by Crippen LogP contribution is 2.25. The van der Waals surface area contributed by atoms with Gasteiger partial charge in [-0.15, -0.1) is 22.9 Å². The second-order valence-corrected chi connectivity index (χ2v) is 4.78. The van der Waals surface area contributed by atoms with E-state index in [1.807, 2.05) is 31.2 Å². The van der Waals surface area contributed by atoms with Crippen LogP contribution in [0.3, 0.4) is 0 Å². The zero-order valence-corrected chi connectivity index (χ0v) is 11.2. The standard InChI is InChI=1S/C13H14ClNOS/c1-2-16-12-5-3-10(4-6-12)13-15-11(7-8-14)9-17-13/h3-6,9H,2,7-8H2,1H3. The molecule has 0 saturated heterocycles. The third kappa shape index (κ3) is 3.20. The van der Waals surface area contributed by atoms with Crippen molar-refractivity contribution >= 4 is 22.9 Å². The molecule has 0 atom stereocenters. The van der Waals surface area contributed by atoms with Gasteiger partial charge in [0, 0.05) is 23.2 Å². The average Bonchev–Trinajstić information content (AvgIpc) is 2.80. The van der Waals surface area contributed by atoms with E-state index in [0.717, 1.165) is 28.4 Å². The van der Waals surface area contributed by atoms with E-state index in [1.54, 1.807) is 11.3 Å². The Labute approximate surface area is 110 Å². The van der Waals surface area contributed by atoms with Gasteiger partial charge < -0.3 is 4.74 Å². The Hall–Kier alpha value is -1.06. The van der Waals surface area contributed by atoms with Gasteiger partial charge in [0.1, 0.15) is 10.8 Å². The third-order valence-corrected chi connectivity index (χ3v) is 3.44. The van der Waals surface area contributed by atoms with Gasteiger partial charge in [-0.2, -0.15) is 0 Å². The summed E-state index contributed by atoms with van der Waals surface area (Å²) in [4.78, 5) is 4.54. The fraction of sp³-hybridized carbons (Fsp3) is 0.308. The fourth-order valence-electron chi connectivity index (χ4n) is 1.51. The largest absolute Gasteiger partial charge is 0.494 e. The highest BCUT2D eigenvalue weighted by Gasteiger charge is 2.04. The molecule has 0 bridgehead atoms. The van der Waals surface area contributed by atoms with Crippen molar-refractivity contribution in [1.29, 1.82) is 0 Å². The van der Waals surface area contributed by atoms with Crippen LogP contribution in [-0.2, 0) is 6.42 Å². The molecule has 1 aromatic heterocycles. The highest BCUT2D eigenvalue weighted by molar-refractivity contribution is 7.13. The number of aryl methyl sites for hydroxylation is 1. The van der Waals surface area contributed by atoms with Gasteiger partial charge in [0.2, 0.25) is 0 Å². The van der Waals surface area contributed by atoms with Gasteiger partial charge in [-0.05, 0) is 31.2 Å². The van der Waals surface area contributed by atoms with Crippen LogP contribution in [-0.4, -0.2) is 17.5 Å². The van der Waals surface area contributed by atoms with Gasteiger partial charge in [-0.3, -0.25) is 0 Å². The minimum absolute atomic E-state index is 0.618. The lowest BCUT2D eigenvalue weighted by molar-refractivity contribution is 0.340. The first-order valence-corrected chi connectivity index (χ1v) is 6.98. The predicted molar refractivity (Wildman–Crippen MR) is 73.1 cm³/mol. The van der Waals surface area contributed by atoms with Gasteiger partial charge >= 0.3 is 0 Å². The minimum atomic E-state index is 0.618. The van der Waals surface area contributed by atoms with Crippen LogP contribution in [0.4, 0.5) is 0 Å². The molecule has 2 aromatic rings. The van der Waals surface area contributed by atoms with Crippen LogP contribution in [0, 0.1) is 0 Å². The topological polar surface area (TPSA) is 22.1 Å². The van der Waals surface area contributed by atoms with E-state index in [4.69, 9.17) is 16.3 Å². The Bertz CT molecular complexity index is 467. The summed E-state index contributed by atoms with van der Waals surface area (Å²) in [5.74, 6) is 1.51. The summed E-state index contributed by atoms with van der Waals surface area (Å²) in [6, 6.07) is 8.02. The summed E-state index contributed by atoms with van der Waals surface area (Å²) in [5.41, 5.74) is 2.19. The second-order valence-electron chi connectivity index (χ2n) is 3.54. The number of alkyl halides is 1. The Kier molecular flexibility index (Phi) is 4.40. The first kappa shape index (κ1) is 12.4. The Morgan fingerprint density at radius 2 is 2.06 bits per heavy atom. The van der Waals surface area contributed by atoms with Gasteiger partial charge in [0.05, 0.1) is 12.3 Å². The summed E-state index contributed by atoms with van der Waals surface area (Å²) in [6.07, 6.45) is 0.828. The quantitative estimate of drug-likeness (QED) is 0.764. The van der Waals surface area contributed by atoms with E-state index < -0.39 is 0 Å². The molecule has 0 unspecified atom stereocenters. The van der Waals surface area contributed by atoms with Crippen molar-refractivity contribution in [3.63, 3.8) is 0 Å². The van der Waals surface area contributed by atoms with Crippen molar-refractivity contribution in [1.82, 2.24) is 4.98 Å². The number of hydrogen-bond acceptors (Lipinski definition) is 3. The summed E-state index contributed by atoms with van der Waals surface area (Å²) in [6.45, 7) is 2.67. The van der Waals surface area contributed by atoms with E-state index >= 15 is 0 Å². The number of halogens is 1. The van der Waals surface area contributed by atoms with Crippen molar-refractivity contribution in [3.05, 3.63) is 35.3 Å². The predicted octanol–water partition coefficient (Wildman–Crippen LogP) is 3.99.